The smallest absolute Gasteiger partial charge is 0.384 e. The van der Waals surface area contributed by atoms with Crippen molar-refractivity contribution in [1.82, 2.24) is 14.7 Å². The van der Waals surface area contributed by atoms with Gasteiger partial charge in [0, 0.05) is 6.20 Å². The third-order valence-electron chi connectivity index (χ3n) is 4.31. The summed E-state index contributed by atoms with van der Waals surface area (Å²) in [6.07, 6.45) is 4.67. The van der Waals surface area contributed by atoms with Gasteiger partial charge < -0.3 is 10.5 Å². The molecule has 0 radical (unpaired) electrons. The van der Waals surface area contributed by atoms with Gasteiger partial charge in [-0.15, -0.1) is 4.73 Å². The number of hydrogen-bond donors (Lipinski definition) is 2. The lowest BCUT2D eigenvalue weighted by atomic mass is 9.88. The third kappa shape index (κ3) is 2.32. The van der Waals surface area contributed by atoms with E-state index in [1.54, 1.807) is 12.1 Å². The minimum Gasteiger partial charge on any atom is -0.422 e. The lowest BCUT2D eigenvalue weighted by molar-refractivity contribution is 0.182. The molecule has 4 rings (SSSR count). The summed E-state index contributed by atoms with van der Waals surface area (Å²) in [6.45, 7) is 0. The van der Waals surface area contributed by atoms with E-state index in [0.717, 1.165) is 19.3 Å². The number of nitrogens with zero attached hydrogens (tertiary/aromatic N) is 3. The van der Waals surface area contributed by atoms with Crippen LogP contribution >= 0.6 is 0 Å². The van der Waals surface area contributed by atoms with E-state index in [2.05, 4.69) is 27.4 Å². The first-order chi connectivity index (χ1) is 11.2. The fourth-order valence-corrected chi connectivity index (χ4v) is 3.22. The lowest BCUT2D eigenvalue weighted by Crippen LogP contribution is -2.25. The maximum absolute atomic E-state index is 11.9. The molecular weight excluding hydrogens is 292 g/mol. The first-order valence-electron chi connectivity index (χ1n) is 7.65. The van der Waals surface area contributed by atoms with Crippen LogP contribution in [0.15, 0.2) is 47.4 Å². The number of aryl methyl sites for hydroxylation is 1. The second kappa shape index (κ2) is 5.39. The van der Waals surface area contributed by atoms with Crippen LogP contribution in [0.3, 0.4) is 0 Å². The van der Waals surface area contributed by atoms with E-state index >= 15 is 0 Å². The quantitative estimate of drug-likeness (QED) is 0.711. The highest BCUT2D eigenvalue weighted by Gasteiger charge is 2.21. The Bertz CT molecular complexity index is 935. The summed E-state index contributed by atoms with van der Waals surface area (Å²) in [5, 5.41) is 13.8. The van der Waals surface area contributed by atoms with E-state index in [-0.39, 0.29) is 11.7 Å². The highest BCUT2D eigenvalue weighted by Crippen LogP contribution is 2.33. The molecule has 0 spiro atoms. The number of fused-ring (bicyclic) bond motifs is 2. The lowest BCUT2D eigenvalue weighted by Gasteiger charge is -2.27. The van der Waals surface area contributed by atoms with E-state index in [0.29, 0.717) is 15.9 Å². The van der Waals surface area contributed by atoms with Crippen molar-refractivity contribution in [2.45, 2.75) is 25.3 Å². The second-order valence-electron chi connectivity index (χ2n) is 5.72. The van der Waals surface area contributed by atoms with E-state index < -0.39 is 5.69 Å². The van der Waals surface area contributed by atoms with Crippen LogP contribution in [0.2, 0.25) is 0 Å². The molecular formula is C17H16N4O2. The number of aromatic nitrogens is 3. The van der Waals surface area contributed by atoms with Gasteiger partial charge in [-0.25, -0.2) is 9.78 Å². The fraction of sp³-hybridized carbons (Fsp3) is 0.235. The van der Waals surface area contributed by atoms with Gasteiger partial charge in [-0.3, -0.25) is 0 Å². The molecule has 0 saturated heterocycles. The predicted molar refractivity (Wildman–Crippen MR) is 86.7 cm³/mol. The fourth-order valence-electron chi connectivity index (χ4n) is 3.22. The first kappa shape index (κ1) is 13.8. The average molecular weight is 308 g/mol. The molecule has 3 aromatic rings. The molecule has 1 aromatic carbocycles. The SMILES string of the molecule is O=c1nc(N[C@@H]2CCCc3ccccc32)c2cccnc2n1O. The maximum atomic E-state index is 11.9. The van der Waals surface area contributed by atoms with Gasteiger partial charge in [0.1, 0.15) is 5.82 Å². The minimum atomic E-state index is -0.734. The van der Waals surface area contributed by atoms with Crippen molar-refractivity contribution < 1.29 is 5.21 Å². The number of rotatable bonds is 2. The van der Waals surface area contributed by atoms with Crippen LogP contribution in [0, 0.1) is 0 Å². The summed E-state index contributed by atoms with van der Waals surface area (Å²) in [4.78, 5) is 19.9. The number of nitrogens with one attached hydrogen (secondary N) is 1. The number of benzene rings is 1. The number of pyridine rings is 1. The maximum Gasteiger partial charge on any atom is 0.384 e. The van der Waals surface area contributed by atoms with Crippen molar-refractivity contribution in [3.63, 3.8) is 0 Å². The van der Waals surface area contributed by atoms with Gasteiger partial charge in [-0.1, -0.05) is 24.3 Å². The molecule has 6 heteroatoms. The Balaban J connectivity index is 1.80. The Morgan fingerprint density at radius 2 is 2.09 bits per heavy atom. The van der Waals surface area contributed by atoms with Gasteiger partial charge in [-0.2, -0.15) is 4.98 Å². The normalized spacial score (nSPS) is 17.0. The van der Waals surface area contributed by atoms with Crippen molar-refractivity contribution in [3.8, 4) is 0 Å². The van der Waals surface area contributed by atoms with Crippen LogP contribution < -0.4 is 11.0 Å². The molecule has 1 aliphatic rings. The molecule has 1 aliphatic carbocycles. The summed E-state index contributed by atoms with van der Waals surface area (Å²) in [6, 6.07) is 12.0. The molecule has 0 amide bonds. The van der Waals surface area contributed by atoms with E-state index in [9.17, 15) is 10.0 Å². The highest BCUT2D eigenvalue weighted by molar-refractivity contribution is 5.86. The van der Waals surface area contributed by atoms with Crippen LogP contribution in [0.4, 0.5) is 5.82 Å². The van der Waals surface area contributed by atoms with Gasteiger partial charge in [0.15, 0.2) is 5.65 Å². The molecule has 0 unspecified atom stereocenters. The van der Waals surface area contributed by atoms with E-state index in [4.69, 9.17) is 0 Å². The Kier molecular flexibility index (Phi) is 3.22. The van der Waals surface area contributed by atoms with Crippen LogP contribution in [0.25, 0.3) is 11.0 Å². The Hall–Kier alpha value is -2.89. The molecule has 0 bridgehead atoms. The molecule has 23 heavy (non-hydrogen) atoms. The molecule has 0 fully saturated rings. The largest absolute Gasteiger partial charge is 0.422 e. The monoisotopic (exact) mass is 308 g/mol. The summed E-state index contributed by atoms with van der Waals surface area (Å²) in [7, 11) is 0. The van der Waals surface area contributed by atoms with Crippen molar-refractivity contribution >= 4 is 16.9 Å². The molecule has 2 N–H and O–H groups in total. The Morgan fingerprint density at radius 3 is 3.00 bits per heavy atom. The van der Waals surface area contributed by atoms with Gasteiger partial charge in [-0.05, 0) is 42.5 Å². The first-order valence-corrected chi connectivity index (χ1v) is 7.65. The molecule has 2 heterocycles. The van der Waals surface area contributed by atoms with Crippen LogP contribution in [-0.2, 0) is 6.42 Å². The minimum absolute atomic E-state index is 0.102. The Morgan fingerprint density at radius 1 is 1.22 bits per heavy atom. The highest BCUT2D eigenvalue weighted by atomic mass is 16.5. The van der Waals surface area contributed by atoms with Crippen LogP contribution in [-0.4, -0.2) is 19.9 Å². The zero-order chi connectivity index (χ0) is 15.8. The summed E-state index contributed by atoms with van der Waals surface area (Å²) < 4.78 is 0.481. The third-order valence-corrected chi connectivity index (χ3v) is 4.31. The molecule has 1 atom stereocenters. The zero-order valence-corrected chi connectivity index (χ0v) is 12.4. The summed E-state index contributed by atoms with van der Waals surface area (Å²) in [5.74, 6) is 0.463. The van der Waals surface area contributed by atoms with Gasteiger partial charge in [0.05, 0.1) is 11.4 Å². The summed E-state index contributed by atoms with van der Waals surface area (Å²) in [5.41, 5.74) is 2.04. The van der Waals surface area contributed by atoms with E-state index in [1.807, 2.05) is 12.1 Å². The predicted octanol–water partition coefficient (Wildman–Crippen LogP) is 2.52. The van der Waals surface area contributed by atoms with Crippen LogP contribution in [0.1, 0.15) is 30.0 Å². The number of hydrogen-bond acceptors (Lipinski definition) is 5. The van der Waals surface area contributed by atoms with E-state index in [1.165, 1.54) is 17.3 Å². The van der Waals surface area contributed by atoms with Gasteiger partial charge >= 0.3 is 5.69 Å². The summed E-state index contributed by atoms with van der Waals surface area (Å²) >= 11 is 0. The van der Waals surface area contributed by atoms with Gasteiger partial charge in [0.2, 0.25) is 0 Å². The average Bonchev–Trinajstić information content (AvgIpc) is 2.60. The number of anilines is 1. The molecule has 2 aromatic heterocycles. The molecule has 0 saturated carbocycles. The molecule has 6 nitrogen and oxygen atoms in total. The standard InChI is InChI=1S/C17H16N4O2/c22-17-20-15(13-8-4-10-18-16(13)21(17)23)19-14-9-3-6-11-5-1-2-7-12(11)14/h1-2,4-5,7-8,10,14,23H,3,6,9H2,(H,19,20,22)/t14-/m1/s1. The van der Waals surface area contributed by atoms with Crippen molar-refractivity contribution in [2.24, 2.45) is 0 Å². The molecule has 0 aliphatic heterocycles. The Labute approximate surface area is 132 Å². The zero-order valence-electron chi connectivity index (χ0n) is 12.4. The van der Waals surface area contributed by atoms with Crippen molar-refractivity contribution in [3.05, 3.63) is 64.2 Å². The molecule has 116 valence electrons. The topological polar surface area (TPSA) is 80.0 Å². The van der Waals surface area contributed by atoms with Crippen LogP contribution in [0.5, 0.6) is 0 Å². The second-order valence-corrected chi connectivity index (χ2v) is 5.72. The van der Waals surface area contributed by atoms with Crippen molar-refractivity contribution in [2.75, 3.05) is 5.32 Å². The van der Waals surface area contributed by atoms with Gasteiger partial charge in [0.25, 0.3) is 0 Å². The van der Waals surface area contributed by atoms with Crippen molar-refractivity contribution in [1.29, 1.82) is 0 Å².